The first-order valence-electron chi connectivity index (χ1n) is 13.8. The second-order valence-electron chi connectivity index (χ2n) is 12.7. The van der Waals surface area contributed by atoms with E-state index in [4.69, 9.17) is 4.74 Å². The van der Waals surface area contributed by atoms with E-state index in [9.17, 15) is 0 Å². The first kappa shape index (κ1) is 20.9. The van der Waals surface area contributed by atoms with Crippen LogP contribution in [0.25, 0.3) is 0 Å². The number of rotatable bonds is 6. The van der Waals surface area contributed by atoms with E-state index in [0.29, 0.717) is 10.8 Å². The molecule has 180 valence electrons. The average molecular weight is 452 g/mol. The summed E-state index contributed by atoms with van der Waals surface area (Å²) in [6.45, 7) is 8.54. The van der Waals surface area contributed by atoms with Gasteiger partial charge in [-0.25, -0.2) is 0 Å². The van der Waals surface area contributed by atoms with E-state index in [1.807, 2.05) is 0 Å². The van der Waals surface area contributed by atoms with Crippen LogP contribution in [0.15, 0.2) is 12.1 Å². The standard InChI is InChI=1S/C27H41N5O/c1-2-25(32-7-9-33-10-8-32)30-29-24(1)28-18-23-17-27(23)3-5-31(6-4-27)19-26-14-20-11-21(15-26)13-22(12-20)16-26/h1-2,20-23H,3-19H2,(H,28,29). The Morgan fingerprint density at radius 2 is 1.58 bits per heavy atom. The molecule has 0 radical (unpaired) electrons. The molecule has 5 aliphatic carbocycles. The van der Waals surface area contributed by atoms with E-state index in [2.05, 4.69) is 37.4 Å². The van der Waals surface area contributed by atoms with Gasteiger partial charge in [0.15, 0.2) is 5.82 Å². The lowest BCUT2D eigenvalue weighted by atomic mass is 9.49. The van der Waals surface area contributed by atoms with Crippen molar-refractivity contribution in [2.24, 2.45) is 34.5 Å². The highest BCUT2D eigenvalue weighted by molar-refractivity contribution is 5.43. The normalized spacial score (nSPS) is 39.2. The molecule has 7 aliphatic rings. The van der Waals surface area contributed by atoms with Gasteiger partial charge < -0.3 is 19.9 Å². The third-order valence-corrected chi connectivity index (χ3v) is 10.4. The lowest BCUT2D eigenvalue weighted by Crippen LogP contribution is -2.52. The van der Waals surface area contributed by atoms with Crippen LogP contribution in [0.1, 0.15) is 57.8 Å². The van der Waals surface area contributed by atoms with Crippen LogP contribution in [-0.2, 0) is 4.74 Å². The first-order chi connectivity index (χ1) is 16.2. The van der Waals surface area contributed by atoms with Gasteiger partial charge in [-0.3, -0.25) is 0 Å². The van der Waals surface area contributed by atoms with Crippen LogP contribution in [-0.4, -0.2) is 67.6 Å². The third-order valence-electron chi connectivity index (χ3n) is 10.4. The SMILES string of the molecule is c1cc(N2CCOCC2)nnc1NCC1CC12CCN(CC13CC4CC(CC(C4)C1)C3)CC2. The zero-order valence-corrected chi connectivity index (χ0v) is 20.2. The fourth-order valence-corrected chi connectivity index (χ4v) is 9.06. The number of nitrogens with one attached hydrogen (secondary N) is 1. The maximum absolute atomic E-state index is 5.43. The van der Waals surface area contributed by atoms with E-state index in [0.717, 1.165) is 68.2 Å². The van der Waals surface area contributed by atoms with Crippen molar-refractivity contribution in [1.29, 1.82) is 0 Å². The summed E-state index contributed by atoms with van der Waals surface area (Å²) < 4.78 is 5.43. The van der Waals surface area contributed by atoms with Gasteiger partial charge in [-0.1, -0.05) is 0 Å². The van der Waals surface area contributed by atoms with Crippen molar-refractivity contribution in [3.63, 3.8) is 0 Å². The molecule has 33 heavy (non-hydrogen) atoms. The second kappa shape index (κ2) is 8.08. The van der Waals surface area contributed by atoms with Crippen molar-refractivity contribution in [2.75, 3.05) is 62.7 Å². The van der Waals surface area contributed by atoms with Crippen LogP contribution in [0.4, 0.5) is 11.6 Å². The van der Waals surface area contributed by atoms with Crippen LogP contribution < -0.4 is 10.2 Å². The van der Waals surface area contributed by atoms with Gasteiger partial charge in [0.1, 0.15) is 5.82 Å². The number of hydrogen-bond acceptors (Lipinski definition) is 6. The summed E-state index contributed by atoms with van der Waals surface area (Å²) in [5, 5.41) is 12.5. The Balaban J connectivity index is 0.884. The summed E-state index contributed by atoms with van der Waals surface area (Å²) in [6, 6.07) is 4.20. The summed E-state index contributed by atoms with van der Waals surface area (Å²) >= 11 is 0. The van der Waals surface area contributed by atoms with Gasteiger partial charge >= 0.3 is 0 Å². The molecule has 6 nitrogen and oxygen atoms in total. The molecule has 4 bridgehead atoms. The van der Waals surface area contributed by atoms with Crippen molar-refractivity contribution in [3.05, 3.63) is 12.1 Å². The Morgan fingerprint density at radius 1 is 0.879 bits per heavy atom. The van der Waals surface area contributed by atoms with Gasteiger partial charge in [-0.2, -0.15) is 0 Å². The van der Waals surface area contributed by atoms with E-state index >= 15 is 0 Å². The number of hydrogen-bond donors (Lipinski definition) is 1. The molecule has 1 aromatic heterocycles. The van der Waals surface area contributed by atoms with Gasteiger partial charge in [0.05, 0.1) is 13.2 Å². The van der Waals surface area contributed by atoms with E-state index < -0.39 is 0 Å². The minimum atomic E-state index is 0.617. The molecule has 1 aromatic rings. The maximum atomic E-state index is 5.43. The fraction of sp³-hybridized carbons (Fsp3) is 0.852. The largest absolute Gasteiger partial charge is 0.378 e. The molecule has 1 atom stereocenters. The number of likely N-dealkylation sites (tertiary alicyclic amines) is 1. The minimum Gasteiger partial charge on any atom is -0.378 e. The number of anilines is 2. The maximum Gasteiger partial charge on any atom is 0.151 e. The van der Waals surface area contributed by atoms with Crippen LogP contribution in [0.5, 0.6) is 0 Å². The lowest BCUT2D eigenvalue weighted by molar-refractivity contribution is -0.0731. The molecular formula is C27H41N5O. The first-order valence-corrected chi connectivity index (χ1v) is 13.8. The second-order valence-corrected chi connectivity index (χ2v) is 12.7. The van der Waals surface area contributed by atoms with Crippen LogP contribution in [0, 0.1) is 34.5 Å². The predicted molar refractivity (Wildman–Crippen MR) is 130 cm³/mol. The topological polar surface area (TPSA) is 53.5 Å². The molecule has 8 rings (SSSR count). The van der Waals surface area contributed by atoms with Crippen LogP contribution in [0.3, 0.4) is 0 Å². The fourth-order valence-electron chi connectivity index (χ4n) is 9.06. The summed E-state index contributed by atoms with van der Waals surface area (Å²) in [5.41, 5.74) is 1.32. The highest BCUT2D eigenvalue weighted by Crippen LogP contribution is 2.62. The van der Waals surface area contributed by atoms with Crippen molar-refractivity contribution in [3.8, 4) is 0 Å². The Hall–Kier alpha value is -1.40. The number of piperidine rings is 1. The number of aromatic nitrogens is 2. The van der Waals surface area contributed by atoms with Gasteiger partial charge in [-0.05, 0) is 118 Å². The number of nitrogens with zero attached hydrogens (tertiary/aromatic N) is 4. The predicted octanol–water partition coefficient (Wildman–Crippen LogP) is 4.04. The molecule has 2 saturated heterocycles. The van der Waals surface area contributed by atoms with E-state index in [1.54, 1.807) is 38.5 Å². The quantitative estimate of drug-likeness (QED) is 0.704. The zero-order chi connectivity index (χ0) is 21.9. The number of ether oxygens (including phenoxy) is 1. The minimum absolute atomic E-state index is 0.617. The smallest absolute Gasteiger partial charge is 0.151 e. The van der Waals surface area contributed by atoms with Gasteiger partial charge in [0.25, 0.3) is 0 Å². The lowest BCUT2D eigenvalue weighted by Gasteiger charge is -2.58. The van der Waals surface area contributed by atoms with E-state index in [-0.39, 0.29) is 0 Å². The molecule has 0 amide bonds. The van der Waals surface area contributed by atoms with Crippen LogP contribution >= 0.6 is 0 Å². The Labute approximate surface area is 198 Å². The van der Waals surface area contributed by atoms with Crippen molar-refractivity contribution in [1.82, 2.24) is 15.1 Å². The van der Waals surface area contributed by atoms with Crippen molar-refractivity contribution in [2.45, 2.75) is 57.8 Å². The Bertz CT molecular complexity index is 807. The van der Waals surface area contributed by atoms with Crippen molar-refractivity contribution >= 4 is 11.6 Å². The Kier molecular flexibility index (Phi) is 5.13. The molecule has 1 N–H and O–H groups in total. The third kappa shape index (κ3) is 4.05. The molecule has 5 saturated carbocycles. The highest BCUT2D eigenvalue weighted by atomic mass is 16.5. The Morgan fingerprint density at radius 3 is 2.21 bits per heavy atom. The molecular weight excluding hydrogens is 410 g/mol. The summed E-state index contributed by atoms with van der Waals surface area (Å²) in [5.74, 6) is 5.96. The van der Waals surface area contributed by atoms with Gasteiger partial charge in [-0.15, -0.1) is 10.2 Å². The average Bonchev–Trinajstić information content (AvgIpc) is 3.51. The summed E-state index contributed by atoms with van der Waals surface area (Å²) in [4.78, 5) is 5.13. The molecule has 6 heteroatoms. The van der Waals surface area contributed by atoms with Crippen LogP contribution in [0.2, 0.25) is 0 Å². The number of morpholine rings is 1. The summed E-state index contributed by atoms with van der Waals surface area (Å²) in [6.07, 6.45) is 13.6. The van der Waals surface area contributed by atoms with E-state index in [1.165, 1.54) is 38.9 Å². The molecule has 2 aliphatic heterocycles. The zero-order valence-electron chi connectivity index (χ0n) is 20.2. The molecule has 1 unspecified atom stereocenters. The van der Waals surface area contributed by atoms with Gasteiger partial charge in [0.2, 0.25) is 0 Å². The van der Waals surface area contributed by atoms with Crippen molar-refractivity contribution < 1.29 is 4.74 Å². The summed E-state index contributed by atoms with van der Waals surface area (Å²) in [7, 11) is 0. The molecule has 7 fully saturated rings. The highest BCUT2D eigenvalue weighted by Gasteiger charge is 2.56. The molecule has 0 aromatic carbocycles. The molecule has 1 spiro atoms. The monoisotopic (exact) mass is 451 g/mol. The van der Waals surface area contributed by atoms with Gasteiger partial charge in [0, 0.05) is 26.2 Å². The molecule has 3 heterocycles.